The quantitative estimate of drug-likeness (QED) is 0.844. The Kier molecular flexibility index (Phi) is 4.65. The van der Waals surface area contributed by atoms with E-state index in [1.807, 2.05) is 19.1 Å². The number of aliphatic hydroxyl groups is 1. The Balaban J connectivity index is 1.91. The number of aliphatic hydroxyl groups excluding tert-OH is 1. The molecule has 1 aromatic carbocycles. The zero-order chi connectivity index (χ0) is 13.1. The smallest absolute Gasteiger partial charge is 0.0541 e. The maximum atomic E-state index is 9.59. The Morgan fingerprint density at radius 3 is 2.67 bits per heavy atom. The Bertz CT molecular complexity index is 401. The van der Waals surface area contributed by atoms with Crippen molar-refractivity contribution in [2.45, 2.75) is 32.4 Å². The van der Waals surface area contributed by atoms with E-state index >= 15 is 0 Å². The highest BCUT2D eigenvalue weighted by Crippen LogP contribution is 2.25. The van der Waals surface area contributed by atoms with Crippen molar-refractivity contribution in [3.05, 3.63) is 28.2 Å². The van der Waals surface area contributed by atoms with Crippen LogP contribution in [-0.4, -0.2) is 29.2 Å². The maximum Gasteiger partial charge on any atom is 0.0541 e. The highest BCUT2D eigenvalue weighted by Gasteiger charge is 2.22. The molecule has 0 amide bonds. The molecule has 4 heteroatoms. The molecule has 1 aliphatic rings. The van der Waals surface area contributed by atoms with E-state index in [4.69, 9.17) is 5.73 Å². The van der Waals surface area contributed by atoms with Gasteiger partial charge in [-0.15, -0.1) is 0 Å². The molecule has 0 radical (unpaired) electrons. The molecule has 1 unspecified atom stereocenters. The number of likely N-dealkylation sites (tertiary alicyclic amines) is 1. The van der Waals surface area contributed by atoms with E-state index < -0.39 is 0 Å². The fraction of sp³-hybridized carbons (Fsp3) is 0.571. The molecule has 0 aromatic heterocycles. The largest absolute Gasteiger partial charge is 0.399 e. The lowest BCUT2D eigenvalue weighted by Gasteiger charge is -2.33. The molecule has 0 saturated carbocycles. The van der Waals surface area contributed by atoms with Gasteiger partial charge in [-0.1, -0.05) is 22.0 Å². The first-order valence-corrected chi connectivity index (χ1v) is 7.30. The fourth-order valence-corrected chi connectivity index (χ4v) is 3.05. The monoisotopic (exact) mass is 312 g/mol. The fourth-order valence-electron chi connectivity index (χ4n) is 2.53. The van der Waals surface area contributed by atoms with Gasteiger partial charge in [0.25, 0.3) is 0 Å². The first-order chi connectivity index (χ1) is 8.56. The minimum Gasteiger partial charge on any atom is -0.399 e. The summed E-state index contributed by atoms with van der Waals surface area (Å²) >= 11 is 3.56. The number of hydrogen-bond acceptors (Lipinski definition) is 3. The Hall–Kier alpha value is -0.580. The molecule has 2 rings (SSSR count). The number of anilines is 1. The van der Waals surface area contributed by atoms with Gasteiger partial charge in [-0.05, 0) is 56.5 Å². The van der Waals surface area contributed by atoms with Crippen molar-refractivity contribution in [1.29, 1.82) is 0 Å². The highest BCUT2D eigenvalue weighted by atomic mass is 79.9. The van der Waals surface area contributed by atoms with Gasteiger partial charge in [-0.3, -0.25) is 4.90 Å². The van der Waals surface area contributed by atoms with Gasteiger partial charge in [-0.2, -0.15) is 0 Å². The average Bonchev–Trinajstić information content (AvgIpc) is 2.33. The number of benzene rings is 1. The highest BCUT2D eigenvalue weighted by molar-refractivity contribution is 9.10. The van der Waals surface area contributed by atoms with Gasteiger partial charge in [-0.25, -0.2) is 0 Å². The minimum absolute atomic E-state index is 0.171. The lowest BCUT2D eigenvalue weighted by molar-refractivity contribution is 0.0695. The predicted molar refractivity (Wildman–Crippen MR) is 78.2 cm³/mol. The third-order valence-electron chi connectivity index (χ3n) is 3.79. The number of nitrogens with two attached hydrogens (primary N) is 1. The third-order valence-corrected chi connectivity index (χ3v) is 4.52. The Labute approximate surface area is 117 Å². The summed E-state index contributed by atoms with van der Waals surface area (Å²) in [6, 6.07) is 5.99. The molecule has 100 valence electrons. The zero-order valence-corrected chi connectivity index (χ0v) is 12.4. The lowest BCUT2D eigenvalue weighted by Crippen LogP contribution is -2.36. The van der Waals surface area contributed by atoms with Crippen LogP contribution in [0.5, 0.6) is 0 Å². The summed E-state index contributed by atoms with van der Waals surface area (Å²) in [5.74, 6) is 0.469. The second-order valence-corrected chi connectivity index (χ2v) is 6.06. The topological polar surface area (TPSA) is 49.5 Å². The van der Waals surface area contributed by atoms with Crippen LogP contribution in [0.3, 0.4) is 0 Å². The molecule has 1 aliphatic heterocycles. The van der Waals surface area contributed by atoms with Crippen molar-refractivity contribution in [1.82, 2.24) is 4.90 Å². The van der Waals surface area contributed by atoms with Crippen molar-refractivity contribution in [2.75, 3.05) is 18.8 Å². The number of piperidine rings is 1. The summed E-state index contributed by atoms with van der Waals surface area (Å²) in [4.78, 5) is 2.44. The van der Waals surface area contributed by atoms with Crippen molar-refractivity contribution in [3.8, 4) is 0 Å². The molecule has 1 aromatic rings. The van der Waals surface area contributed by atoms with Crippen molar-refractivity contribution >= 4 is 21.6 Å². The number of rotatable bonds is 3. The third kappa shape index (κ3) is 3.46. The van der Waals surface area contributed by atoms with E-state index in [2.05, 4.69) is 26.9 Å². The minimum atomic E-state index is -0.171. The van der Waals surface area contributed by atoms with Crippen LogP contribution in [-0.2, 0) is 6.54 Å². The van der Waals surface area contributed by atoms with Crippen LogP contribution >= 0.6 is 15.9 Å². The number of nitrogens with zero attached hydrogens (tertiary/aromatic N) is 1. The van der Waals surface area contributed by atoms with E-state index in [1.54, 1.807) is 0 Å². The van der Waals surface area contributed by atoms with E-state index in [0.29, 0.717) is 5.92 Å². The summed E-state index contributed by atoms with van der Waals surface area (Å²) < 4.78 is 1.08. The molecule has 3 nitrogen and oxygen atoms in total. The maximum absolute atomic E-state index is 9.59. The summed E-state index contributed by atoms with van der Waals surface area (Å²) in [7, 11) is 0. The molecule has 3 N–H and O–H groups in total. The first-order valence-electron chi connectivity index (χ1n) is 6.50. The van der Waals surface area contributed by atoms with Crippen LogP contribution in [0.2, 0.25) is 0 Å². The number of halogens is 1. The molecule has 1 fully saturated rings. The number of nitrogen functional groups attached to an aromatic ring is 1. The standard InChI is InChI=1S/C14H21BrN2O/c1-10(18)11-4-6-17(7-5-11)9-12-2-3-13(16)8-14(12)15/h2-3,8,10-11,18H,4-7,9,16H2,1H3. The average molecular weight is 313 g/mol. The van der Waals surface area contributed by atoms with E-state index in [1.165, 1.54) is 5.56 Å². The van der Waals surface area contributed by atoms with Crippen LogP contribution < -0.4 is 5.73 Å². The van der Waals surface area contributed by atoms with Gasteiger partial charge in [0.05, 0.1) is 6.10 Å². The van der Waals surface area contributed by atoms with Crippen LogP contribution in [0.15, 0.2) is 22.7 Å². The zero-order valence-electron chi connectivity index (χ0n) is 10.8. The van der Waals surface area contributed by atoms with Crippen molar-refractivity contribution in [3.63, 3.8) is 0 Å². The van der Waals surface area contributed by atoms with Gasteiger partial charge < -0.3 is 10.8 Å². The Morgan fingerprint density at radius 2 is 2.11 bits per heavy atom. The van der Waals surface area contributed by atoms with Gasteiger partial charge in [0.2, 0.25) is 0 Å². The second-order valence-electron chi connectivity index (χ2n) is 5.21. The van der Waals surface area contributed by atoms with Gasteiger partial charge in [0, 0.05) is 16.7 Å². The summed E-state index contributed by atoms with van der Waals surface area (Å²) in [5, 5.41) is 9.59. The molecular weight excluding hydrogens is 292 g/mol. The molecule has 1 atom stereocenters. The van der Waals surface area contributed by atoms with E-state index in [0.717, 1.165) is 42.6 Å². The molecule has 0 spiro atoms. The number of hydrogen-bond donors (Lipinski definition) is 2. The van der Waals surface area contributed by atoms with Gasteiger partial charge in [0.15, 0.2) is 0 Å². The van der Waals surface area contributed by atoms with Crippen molar-refractivity contribution in [2.24, 2.45) is 5.92 Å². The summed E-state index contributed by atoms with van der Waals surface area (Å²) in [6.07, 6.45) is 2.00. The predicted octanol–water partition coefficient (Wildman–Crippen LogP) is 2.62. The van der Waals surface area contributed by atoms with E-state index in [9.17, 15) is 5.11 Å². The second kappa shape index (κ2) is 6.04. The van der Waals surface area contributed by atoms with Gasteiger partial charge in [0.1, 0.15) is 0 Å². The van der Waals surface area contributed by atoms with Crippen LogP contribution in [0.1, 0.15) is 25.3 Å². The van der Waals surface area contributed by atoms with Crippen molar-refractivity contribution < 1.29 is 5.11 Å². The first kappa shape index (κ1) is 13.8. The molecule has 0 aliphatic carbocycles. The Morgan fingerprint density at radius 1 is 1.44 bits per heavy atom. The lowest BCUT2D eigenvalue weighted by atomic mass is 9.92. The molecular formula is C14H21BrN2O. The summed E-state index contributed by atoms with van der Waals surface area (Å²) in [5.41, 5.74) is 7.81. The van der Waals surface area contributed by atoms with Crippen LogP contribution in [0.25, 0.3) is 0 Å². The van der Waals surface area contributed by atoms with E-state index in [-0.39, 0.29) is 6.10 Å². The molecule has 18 heavy (non-hydrogen) atoms. The molecule has 1 saturated heterocycles. The summed E-state index contributed by atoms with van der Waals surface area (Å²) in [6.45, 7) is 4.98. The normalized spacial score (nSPS) is 19.9. The van der Waals surface area contributed by atoms with Crippen LogP contribution in [0.4, 0.5) is 5.69 Å². The molecule has 1 heterocycles. The SMILES string of the molecule is CC(O)C1CCN(Cc2ccc(N)cc2Br)CC1. The van der Waals surface area contributed by atoms with Crippen LogP contribution in [0, 0.1) is 5.92 Å². The molecule has 0 bridgehead atoms. The van der Waals surface area contributed by atoms with Gasteiger partial charge >= 0.3 is 0 Å².